The Balaban J connectivity index is 2.13. The first kappa shape index (κ1) is 14.2. The third-order valence-electron chi connectivity index (χ3n) is 3.70. The smallest absolute Gasteiger partial charge is 0.328 e. The fourth-order valence-electron chi connectivity index (χ4n) is 2.50. The fourth-order valence-corrected chi connectivity index (χ4v) is 3.75. The van der Waals surface area contributed by atoms with E-state index in [0.29, 0.717) is 0 Å². The molecule has 21 heavy (non-hydrogen) atoms. The van der Waals surface area contributed by atoms with Gasteiger partial charge >= 0.3 is 5.69 Å². The van der Waals surface area contributed by atoms with Crippen LogP contribution in [0.15, 0.2) is 34.4 Å². The number of hydrogen-bond donors (Lipinski definition) is 0. The average Bonchev–Trinajstić information content (AvgIpc) is 3.06. The number of alkyl halides is 1. The lowest BCUT2D eigenvalue weighted by molar-refractivity contribution is 0.413. The first-order chi connectivity index (χ1) is 10.0. The monoisotopic (exact) mass is 322 g/mol. The van der Waals surface area contributed by atoms with Gasteiger partial charge in [0.25, 0.3) is 0 Å². The number of rotatable bonds is 3. The summed E-state index contributed by atoms with van der Waals surface area (Å²) in [6.45, 7) is 0. The number of nitrogens with zero attached hydrogens (tertiary/aromatic N) is 2. The van der Waals surface area contributed by atoms with Gasteiger partial charge in [0, 0.05) is 14.1 Å². The van der Waals surface area contributed by atoms with Crippen LogP contribution in [0, 0.1) is 0 Å². The molecule has 0 aliphatic rings. The number of methoxy groups -OCH3 is 1. The topological polar surface area (TPSA) is 36.2 Å². The molecule has 0 N–H and O–H groups in total. The molecular weight excluding hydrogens is 308 g/mol. The number of halogens is 1. The molecule has 0 saturated heterocycles. The van der Waals surface area contributed by atoms with Gasteiger partial charge in [-0.15, -0.1) is 22.9 Å². The Kier molecular flexibility index (Phi) is 3.55. The van der Waals surface area contributed by atoms with Gasteiger partial charge in [-0.25, -0.2) is 4.79 Å². The van der Waals surface area contributed by atoms with Crippen molar-refractivity contribution in [1.29, 1.82) is 0 Å². The first-order valence-corrected chi connectivity index (χ1v) is 7.77. The van der Waals surface area contributed by atoms with Crippen molar-refractivity contribution in [3.05, 3.63) is 50.6 Å². The molecule has 4 nitrogen and oxygen atoms in total. The minimum absolute atomic E-state index is 0.0398. The quantitative estimate of drug-likeness (QED) is 0.694. The number of thiophene rings is 1. The predicted molar refractivity (Wildman–Crippen MR) is 86.7 cm³/mol. The van der Waals surface area contributed by atoms with Gasteiger partial charge in [0.1, 0.15) is 5.75 Å². The molecule has 0 fully saturated rings. The van der Waals surface area contributed by atoms with E-state index in [-0.39, 0.29) is 11.1 Å². The summed E-state index contributed by atoms with van der Waals surface area (Å²) in [5.41, 5.74) is 2.68. The summed E-state index contributed by atoms with van der Waals surface area (Å²) < 4.78 is 8.60. The van der Waals surface area contributed by atoms with E-state index >= 15 is 0 Å². The van der Waals surface area contributed by atoms with Gasteiger partial charge in [0.05, 0.1) is 28.4 Å². The van der Waals surface area contributed by atoms with Gasteiger partial charge in [0.15, 0.2) is 0 Å². The lowest BCUT2D eigenvalue weighted by Gasteiger charge is -2.11. The maximum absolute atomic E-state index is 12.0. The predicted octanol–water partition coefficient (Wildman–Crippen LogP) is 3.28. The Morgan fingerprint density at radius 3 is 2.62 bits per heavy atom. The van der Waals surface area contributed by atoms with Crippen molar-refractivity contribution in [2.45, 2.75) is 5.38 Å². The Bertz CT molecular complexity index is 862. The second-order valence-corrected chi connectivity index (χ2v) is 6.25. The van der Waals surface area contributed by atoms with E-state index in [2.05, 4.69) is 0 Å². The molecule has 1 unspecified atom stereocenters. The van der Waals surface area contributed by atoms with Crippen LogP contribution in [-0.2, 0) is 14.1 Å². The van der Waals surface area contributed by atoms with Crippen molar-refractivity contribution in [2.75, 3.05) is 7.11 Å². The molecule has 0 aliphatic carbocycles. The lowest BCUT2D eigenvalue weighted by atomic mass is 10.1. The lowest BCUT2D eigenvalue weighted by Crippen LogP contribution is -2.19. The molecule has 2 heterocycles. The molecule has 1 aromatic carbocycles. The van der Waals surface area contributed by atoms with Gasteiger partial charge in [-0.05, 0) is 29.1 Å². The molecule has 1 atom stereocenters. The van der Waals surface area contributed by atoms with Gasteiger partial charge in [-0.3, -0.25) is 9.13 Å². The first-order valence-electron chi connectivity index (χ1n) is 6.45. The Morgan fingerprint density at radius 2 is 1.90 bits per heavy atom. The fraction of sp³-hybridized carbons (Fsp3) is 0.267. The van der Waals surface area contributed by atoms with Crippen molar-refractivity contribution in [3.63, 3.8) is 0 Å². The van der Waals surface area contributed by atoms with Gasteiger partial charge in [-0.1, -0.05) is 6.07 Å². The van der Waals surface area contributed by atoms with Crippen LogP contribution in [0.25, 0.3) is 11.0 Å². The highest BCUT2D eigenvalue weighted by Gasteiger charge is 2.19. The van der Waals surface area contributed by atoms with Crippen molar-refractivity contribution in [1.82, 2.24) is 9.13 Å². The summed E-state index contributed by atoms with van der Waals surface area (Å²) in [6.07, 6.45) is 0. The molecule has 2 aromatic heterocycles. The van der Waals surface area contributed by atoms with E-state index in [0.717, 1.165) is 27.2 Å². The van der Waals surface area contributed by atoms with Crippen LogP contribution in [0.4, 0.5) is 0 Å². The Morgan fingerprint density at radius 1 is 1.19 bits per heavy atom. The maximum atomic E-state index is 12.0. The zero-order valence-corrected chi connectivity index (χ0v) is 13.5. The molecule has 110 valence electrons. The van der Waals surface area contributed by atoms with Crippen LogP contribution in [0.2, 0.25) is 0 Å². The second-order valence-electron chi connectivity index (χ2n) is 4.86. The molecule has 6 heteroatoms. The minimum atomic E-state index is -0.292. The van der Waals surface area contributed by atoms with Crippen LogP contribution in [0.5, 0.6) is 5.75 Å². The van der Waals surface area contributed by atoms with E-state index in [1.807, 2.05) is 29.6 Å². The zero-order valence-electron chi connectivity index (χ0n) is 12.0. The van der Waals surface area contributed by atoms with Crippen LogP contribution in [0.3, 0.4) is 0 Å². The summed E-state index contributed by atoms with van der Waals surface area (Å²) in [7, 11) is 5.17. The van der Waals surface area contributed by atoms with Crippen molar-refractivity contribution < 1.29 is 4.74 Å². The zero-order chi connectivity index (χ0) is 15.1. The molecule has 3 rings (SSSR count). The number of fused-ring (bicyclic) bond motifs is 1. The van der Waals surface area contributed by atoms with Crippen LogP contribution >= 0.6 is 22.9 Å². The molecule has 0 bridgehead atoms. The summed E-state index contributed by atoms with van der Waals surface area (Å²) in [4.78, 5) is 12.9. The number of aromatic nitrogens is 2. The third kappa shape index (κ3) is 2.17. The Labute approximate surface area is 131 Å². The second kappa shape index (κ2) is 5.24. The summed E-state index contributed by atoms with van der Waals surface area (Å²) in [5.74, 6) is 0.794. The third-order valence-corrected chi connectivity index (χ3v) is 5.26. The molecule has 3 aromatic rings. The molecule has 0 saturated carbocycles. The molecule has 0 aliphatic heterocycles. The summed E-state index contributed by atoms with van der Waals surface area (Å²) >= 11 is 8.16. The SMILES string of the molecule is COc1ccsc1C(Cl)c1ccc2c(c1)n(C)c(=O)n2C. The molecule has 0 amide bonds. The van der Waals surface area contributed by atoms with Gasteiger partial charge in [-0.2, -0.15) is 0 Å². The van der Waals surface area contributed by atoms with Gasteiger partial charge < -0.3 is 4.74 Å². The molecular formula is C15H15ClN2O2S. The normalized spacial score (nSPS) is 12.8. The van der Waals surface area contributed by atoms with Crippen LogP contribution in [0.1, 0.15) is 15.8 Å². The van der Waals surface area contributed by atoms with E-state index in [4.69, 9.17) is 16.3 Å². The Hall–Kier alpha value is -1.72. The summed E-state index contributed by atoms with van der Waals surface area (Å²) in [5, 5.41) is 1.67. The maximum Gasteiger partial charge on any atom is 0.328 e. The highest BCUT2D eigenvalue weighted by molar-refractivity contribution is 7.10. The van der Waals surface area contributed by atoms with E-state index < -0.39 is 0 Å². The van der Waals surface area contributed by atoms with Crippen molar-refractivity contribution >= 4 is 34.0 Å². The summed E-state index contributed by atoms with van der Waals surface area (Å²) in [6, 6.07) is 7.76. The van der Waals surface area contributed by atoms with Crippen LogP contribution in [-0.4, -0.2) is 16.2 Å². The highest BCUT2D eigenvalue weighted by Crippen LogP contribution is 2.39. The van der Waals surface area contributed by atoms with Crippen LogP contribution < -0.4 is 10.4 Å². The number of hydrogen-bond acceptors (Lipinski definition) is 3. The number of benzene rings is 1. The molecule has 0 radical (unpaired) electrons. The standard InChI is InChI=1S/C15H15ClN2O2S/c1-17-10-5-4-9(8-11(10)18(2)15(17)19)13(16)14-12(20-3)6-7-21-14/h4-8,13H,1-3H3. The number of aryl methyl sites for hydroxylation is 2. The average molecular weight is 323 g/mol. The number of imidazole rings is 1. The molecule has 0 spiro atoms. The van der Waals surface area contributed by atoms with E-state index in [1.165, 1.54) is 0 Å². The van der Waals surface area contributed by atoms with Crippen molar-refractivity contribution in [3.8, 4) is 5.75 Å². The largest absolute Gasteiger partial charge is 0.496 e. The van der Waals surface area contributed by atoms with Crippen molar-refractivity contribution in [2.24, 2.45) is 14.1 Å². The number of ether oxygens (including phenoxy) is 1. The van der Waals surface area contributed by atoms with Gasteiger partial charge in [0.2, 0.25) is 0 Å². The van der Waals surface area contributed by atoms with E-state index in [9.17, 15) is 4.79 Å². The minimum Gasteiger partial charge on any atom is -0.496 e. The highest BCUT2D eigenvalue weighted by atomic mass is 35.5. The van der Waals surface area contributed by atoms with E-state index in [1.54, 1.807) is 41.7 Å².